The Labute approximate surface area is 345 Å². The van der Waals surface area contributed by atoms with E-state index < -0.39 is 36.3 Å². The van der Waals surface area contributed by atoms with Gasteiger partial charge in [0.25, 0.3) is 0 Å². The molecule has 58 heavy (non-hydrogen) atoms. The van der Waals surface area contributed by atoms with Gasteiger partial charge in [-0.2, -0.15) is 0 Å². The smallest absolute Gasteiger partial charge is 0.229 e. The first-order chi connectivity index (χ1) is 28.5. The van der Waals surface area contributed by atoms with E-state index in [2.05, 4.69) is 85.7 Å². The van der Waals surface area contributed by atoms with Crippen molar-refractivity contribution >= 4 is 0 Å². The Morgan fingerprint density at radius 2 is 1.14 bits per heavy atom. The Balaban J connectivity index is 1.24. The number of ether oxygens (including phenoxy) is 7. The Kier molecular flexibility index (Phi) is 15.2. The second kappa shape index (κ2) is 21.0. The zero-order valence-electron chi connectivity index (χ0n) is 34.2. The van der Waals surface area contributed by atoms with Gasteiger partial charge in [-0.15, -0.1) is 0 Å². The van der Waals surface area contributed by atoms with Crippen molar-refractivity contribution in [1.29, 1.82) is 0 Å². The van der Waals surface area contributed by atoms with Crippen LogP contribution in [0.2, 0.25) is 0 Å². The van der Waals surface area contributed by atoms with Gasteiger partial charge < -0.3 is 38.1 Å². The van der Waals surface area contributed by atoms with Gasteiger partial charge in [0, 0.05) is 19.6 Å². The number of rotatable bonds is 19. The molecular formula is C50H59NO7. The first-order valence-electron chi connectivity index (χ1n) is 20.7. The third-order valence-corrected chi connectivity index (χ3v) is 11.4. The Hall–Kier alpha value is -4.38. The highest BCUT2D eigenvalue weighted by atomic mass is 16.7. The molecule has 2 unspecified atom stereocenters. The van der Waals surface area contributed by atoms with Gasteiger partial charge in [0.15, 0.2) is 0 Å². The monoisotopic (exact) mass is 785 g/mol. The lowest BCUT2D eigenvalue weighted by Crippen LogP contribution is -2.62. The number of methoxy groups -OCH3 is 1. The third kappa shape index (κ3) is 11.0. The van der Waals surface area contributed by atoms with E-state index in [0.717, 1.165) is 53.6 Å². The van der Waals surface area contributed by atoms with Crippen LogP contribution in [0, 0.1) is 5.92 Å². The minimum absolute atomic E-state index is 0.254. The fourth-order valence-corrected chi connectivity index (χ4v) is 8.47. The van der Waals surface area contributed by atoms with Gasteiger partial charge in [-0.1, -0.05) is 146 Å². The van der Waals surface area contributed by atoms with Crippen molar-refractivity contribution in [3.8, 4) is 5.75 Å². The molecule has 1 heterocycles. The summed E-state index contributed by atoms with van der Waals surface area (Å²) in [7, 11) is 6.12. The predicted molar refractivity (Wildman–Crippen MR) is 226 cm³/mol. The second-order valence-corrected chi connectivity index (χ2v) is 15.8. The summed E-state index contributed by atoms with van der Waals surface area (Å²) in [5.41, 5.74) is 4.89. The molecule has 0 bridgehead atoms. The minimum Gasteiger partial charge on any atom is -0.462 e. The highest BCUT2D eigenvalue weighted by Crippen LogP contribution is 2.46. The molecule has 8 nitrogen and oxygen atoms in total. The van der Waals surface area contributed by atoms with Crippen molar-refractivity contribution in [2.24, 2.45) is 5.92 Å². The maximum atomic E-state index is 7.01. The van der Waals surface area contributed by atoms with E-state index in [-0.39, 0.29) is 6.61 Å². The van der Waals surface area contributed by atoms with E-state index in [0.29, 0.717) is 38.1 Å². The first kappa shape index (κ1) is 41.8. The molecule has 2 aliphatic rings. The average Bonchev–Trinajstić information content (AvgIpc) is 3.26. The largest absolute Gasteiger partial charge is 0.462 e. The molecule has 2 fully saturated rings. The molecule has 1 saturated carbocycles. The van der Waals surface area contributed by atoms with Gasteiger partial charge in [0.2, 0.25) is 6.29 Å². The molecule has 7 rings (SSSR count). The van der Waals surface area contributed by atoms with Crippen LogP contribution >= 0.6 is 0 Å². The maximum Gasteiger partial charge on any atom is 0.229 e. The van der Waals surface area contributed by atoms with Crippen LogP contribution in [0.1, 0.15) is 53.5 Å². The average molecular weight is 786 g/mol. The summed E-state index contributed by atoms with van der Waals surface area (Å²) in [6.45, 7) is 2.67. The topological polar surface area (TPSA) is 67.9 Å². The lowest BCUT2D eigenvalue weighted by atomic mass is 9.71. The zero-order valence-corrected chi connectivity index (χ0v) is 34.2. The number of nitrogens with zero attached hydrogens (tertiary/aromatic N) is 1. The zero-order chi connectivity index (χ0) is 40.0. The highest BCUT2D eigenvalue weighted by molar-refractivity contribution is 5.34. The van der Waals surface area contributed by atoms with E-state index in [1.807, 2.05) is 86.0 Å². The van der Waals surface area contributed by atoms with Gasteiger partial charge in [-0.3, -0.25) is 0 Å². The normalized spacial score (nSPS) is 24.8. The van der Waals surface area contributed by atoms with Gasteiger partial charge in [-0.25, -0.2) is 0 Å². The molecule has 1 saturated heterocycles. The molecule has 1 aliphatic carbocycles. The Morgan fingerprint density at radius 1 is 0.603 bits per heavy atom. The van der Waals surface area contributed by atoms with Crippen LogP contribution in [0.3, 0.4) is 0 Å². The van der Waals surface area contributed by atoms with Crippen LogP contribution < -0.4 is 4.74 Å². The molecule has 306 valence electrons. The summed E-state index contributed by atoms with van der Waals surface area (Å²) >= 11 is 0. The molecule has 0 N–H and O–H groups in total. The number of benzene rings is 5. The Morgan fingerprint density at radius 3 is 1.69 bits per heavy atom. The van der Waals surface area contributed by atoms with Crippen LogP contribution in [0.25, 0.3) is 0 Å². The lowest BCUT2D eigenvalue weighted by Gasteiger charge is -2.46. The second-order valence-electron chi connectivity index (χ2n) is 15.8. The summed E-state index contributed by atoms with van der Waals surface area (Å²) in [5.74, 6) is 1.02. The van der Waals surface area contributed by atoms with Crippen LogP contribution in [-0.2, 0) is 60.4 Å². The molecule has 0 amide bonds. The van der Waals surface area contributed by atoms with Crippen LogP contribution in [0.5, 0.6) is 5.75 Å². The molecular weight excluding hydrogens is 727 g/mol. The molecule has 8 heteroatoms. The summed E-state index contributed by atoms with van der Waals surface area (Å²) in [6, 6.07) is 49.1. The SMILES string of the molecule is CO[C@@]1(c2cccc(O[C@H]3OC(COCc4ccccc4)[C@@H](OCc4ccccc4)[C@@H](OCc4ccccc4)C3OCc3ccccc3)c2)CCCC[C@H]1CN(C)C. The molecule has 5 aromatic carbocycles. The van der Waals surface area contributed by atoms with E-state index in [1.54, 1.807) is 0 Å². The van der Waals surface area contributed by atoms with Crippen molar-refractivity contribution in [3.63, 3.8) is 0 Å². The number of hydrogen-bond acceptors (Lipinski definition) is 8. The van der Waals surface area contributed by atoms with Crippen molar-refractivity contribution < 1.29 is 33.2 Å². The number of hydrogen-bond donors (Lipinski definition) is 0. The fraction of sp³-hybridized carbons (Fsp3) is 0.400. The van der Waals surface area contributed by atoms with E-state index >= 15 is 0 Å². The van der Waals surface area contributed by atoms with Gasteiger partial charge in [0.05, 0.1) is 38.6 Å². The van der Waals surface area contributed by atoms with Gasteiger partial charge in [-0.05, 0) is 66.9 Å². The molecule has 0 spiro atoms. The van der Waals surface area contributed by atoms with Crippen molar-refractivity contribution in [3.05, 3.63) is 173 Å². The third-order valence-electron chi connectivity index (χ3n) is 11.4. The molecule has 7 atom stereocenters. The van der Waals surface area contributed by atoms with Crippen LogP contribution in [0.4, 0.5) is 0 Å². The van der Waals surface area contributed by atoms with Crippen molar-refractivity contribution in [1.82, 2.24) is 4.90 Å². The van der Waals surface area contributed by atoms with Gasteiger partial charge >= 0.3 is 0 Å². The Bertz CT molecular complexity index is 1910. The fourth-order valence-electron chi connectivity index (χ4n) is 8.47. The molecule has 0 aromatic heterocycles. The van der Waals surface area contributed by atoms with Gasteiger partial charge in [0.1, 0.15) is 30.2 Å². The highest BCUT2D eigenvalue weighted by Gasteiger charge is 2.50. The van der Waals surface area contributed by atoms with Crippen molar-refractivity contribution in [2.75, 3.05) is 34.4 Å². The quantitative estimate of drug-likeness (QED) is 0.0821. The van der Waals surface area contributed by atoms with Crippen LogP contribution in [0.15, 0.2) is 146 Å². The van der Waals surface area contributed by atoms with Crippen LogP contribution in [-0.4, -0.2) is 70.0 Å². The predicted octanol–water partition coefficient (Wildman–Crippen LogP) is 9.36. The first-order valence-corrected chi connectivity index (χ1v) is 20.7. The standard InChI is InChI=1S/C50H59NO7/c1-51(2)32-43-27-16-17-30-50(43,52-3)42-28-18-29-44(31-42)57-49-48(56-36-41-25-14-7-15-26-41)47(55-35-40-23-12-6-13-24-40)46(54-34-39-21-10-5-11-22-39)45(58-49)37-53-33-38-19-8-4-9-20-38/h4-15,18-26,28-29,31,43,45-49H,16-17,27,30,32-37H2,1-3H3/t43-,45?,46+,47+,48?,49-,50+/m0/s1. The van der Waals surface area contributed by atoms with E-state index in [9.17, 15) is 0 Å². The van der Waals surface area contributed by atoms with Crippen molar-refractivity contribution in [2.45, 2.75) is 88.4 Å². The summed E-state index contributed by atoms with van der Waals surface area (Å²) in [6.07, 6.45) is 1.13. The maximum absolute atomic E-state index is 7.01. The molecule has 1 aliphatic heterocycles. The minimum atomic E-state index is -0.857. The van der Waals surface area contributed by atoms with E-state index in [4.69, 9.17) is 33.2 Å². The lowest BCUT2D eigenvalue weighted by molar-refractivity contribution is -0.310. The summed E-state index contributed by atoms with van der Waals surface area (Å²) in [5, 5.41) is 0. The van der Waals surface area contributed by atoms with E-state index in [1.165, 1.54) is 6.42 Å². The molecule has 0 radical (unpaired) electrons. The summed E-state index contributed by atoms with van der Waals surface area (Å²) in [4.78, 5) is 2.26. The summed E-state index contributed by atoms with van der Waals surface area (Å²) < 4.78 is 47.6. The molecule has 5 aromatic rings.